The Balaban J connectivity index is 1.41. The topological polar surface area (TPSA) is 143 Å². The van der Waals surface area contributed by atoms with Crippen LogP contribution in [0.5, 0.6) is 11.5 Å². The lowest BCUT2D eigenvalue weighted by Gasteiger charge is -2.57. The number of nitrogens with zero attached hydrogens (tertiary/aromatic N) is 4. The second-order valence-corrected chi connectivity index (χ2v) is 9.56. The minimum Gasteiger partial charge on any atom is -0.504 e. The van der Waals surface area contributed by atoms with Gasteiger partial charge in [0.15, 0.2) is 11.5 Å². The van der Waals surface area contributed by atoms with Crippen LogP contribution in [0.4, 0.5) is 17.1 Å². The summed E-state index contributed by atoms with van der Waals surface area (Å²) in [6.45, 7) is 0.907. The lowest BCUT2D eigenvalue weighted by atomic mass is 9.51. The van der Waals surface area contributed by atoms with Gasteiger partial charge in [0, 0.05) is 23.1 Å². The van der Waals surface area contributed by atoms with Crippen LogP contribution in [0.15, 0.2) is 35.4 Å². The van der Waals surface area contributed by atoms with E-state index < -0.39 is 15.5 Å². The molecule has 1 saturated heterocycles. The summed E-state index contributed by atoms with van der Waals surface area (Å²) in [4.78, 5) is 23.6. The van der Waals surface area contributed by atoms with Crippen molar-refractivity contribution in [3.8, 4) is 11.5 Å². The molecule has 2 fully saturated rings. The number of non-ortho nitro benzene ring substituents is 1. The van der Waals surface area contributed by atoms with Crippen LogP contribution in [0.2, 0.25) is 0 Å². The molecule has 0 unspecified atom stereocenters. The Morgan fingerprint density at radius 2 is 2.06 bits per heavy atom. The summed E-state index contributed by atoms with van der Waals surface area (Å²) in [5.41, 5.74) is 4.81. The van der Waals surface area contributed by atoms with Crippen molar-refractivity contribution in [1.82, 2.24) is 4.90 Å². The number of benzene rings is 2. The highest BCUT2D eigenvalue weighted by atomic mass is 16.6. The van der Waals surface area contributed by atoms with E-state index in [1.165, 1.54) is 17.7 Å². The molecule has 2 aliphatic carbocycles. The van der Waals surface area contributed by atoms with E-state index in [1.54, 1.807) is 6.07 Å². The van der Waals surface area contributed by atoms with Gasteiger partial charge in [0.1, 0.15) is 11.8 Å². The zero-order chi connectivity index (χ0) is 23.8. The first kappa shape index (κ1) is 20.8. The van der Waals surface area contributed by atoms with Gasteiger partial charge >= 0.3 is 5.69 Å². The number of phenolic OH excluding ortho intramolecular Hbond substituents is 1. The number of hydrazone groups is 1. The summed E-state index contributed by atoms with van der Waals surface area (Å²) in [6, 6.07) is 7.49. The number of likely N-dealkylation sites (N-methyl/N-ethyl adjacent to an activating group) is 1. The third kappa shape index (κ3) is 2.70. The highest BCUT2D eigenvalue weighted by molar-refractivity contribution is 5.94. The molecule has 2 aromatic rings. The van der Waals surface area contributed by atoms with Gasteiger partial charge in [-0.25, -0.2) is 0 Å². The van der Waals surface area contributed by atoms with Crippen molar-refractivity contribution in [3.05, 3.63) is 61.7 Å². The standard InChI is InChI=1S/C23H23N5O6/c1-26-9-8-23-14-4-6-16(25-24-15-5-3-13(27(30)31)11-18(15)28(32)33)22(23)34-21-19(29)7-2-12(20(21)23)10-17(14)26/h2-3,5,7,11,14,17,22,24,29H,4,6,8-10H2,1H3/t14-,17+,22-,23-/m0/s1. The van der Waals surface area contributed by atoms with Crippen molar-refractivity contribution in [2.75, 3.05) is 19.0 Å². The van der Waals surface area contributed by atoms with Gasteiger partial charge in [-0.05, 0) is 62.9 Å². The number of likely N-dealkylation sites (tertiary alicyclic amines) is 1. The Morgan fingerprint density at radius 3 is 2.82 bits per heavy atom. The normalized spacial score (nSPS) is 29.9. The van der Waals surface area contributed by atoms with Gasteiger partial charge in [-0.15, -0.1) is 0 Å². The molecule has 176 valence electrons. The van der Waals surface area contributed by atoms with Gasteiger partial charge in [-0.3, -0.25) is 25.7 Å². The third-order valence-electron chi connectivity index (χ3n) is 8.11. The van der Waals surface area contributed by atoms with E-state index >= 15 is 0 Å². The number of nitrogens with one attached hydrogen (secondary N) is 1. The number of ether oxygens (including phenoxy) is 1. The molecule has 11 heteroatoms. The predicted molar refractivity (Wildman–Crippen MR) is 122 cm³/mol. The molecule has 2 aromatic carbocycles. The van der Waals surface area contributed by atoms with Crippen molar-refractivity contribution in [2.45, 2.75) is 43.2 Å². The molecule has 4 atom stereocenters. The molecular weight excluding hydrogens is 442 g/mol. The Bertz CT molecular complexity index is 1280. The molecule has 1 saturated carbocycles. The number of hydrogen-bond donors (Lipinski definition) is 2. The Labute approximate surface area is 194 Å². The molecule has 0 aromatic heterocycles. The molecule has 0 amide bonds. The van der Waals surface area contributed by atoms with E-state index in [4.69, 9.17) is 4.74 Å². The van der Waals surface area contributed by atoms with Crippen LogP contribution in [-0.2, 0) is 11.8 Å². The fourth-order valence-corrected chi connectivity index (χ4v) is 6.66. The van der Waals surface area contributed by atoms with E-state index in [-0.39, 0.29) is 28.6 Å². The van der Waals surface area contributed by atoms with Crippen molar-refractivity contribution in [2.24, 2.45) is 11.0 Å². The summed E-state index contributed by atoms with van der Waals surface area (Å²) in [5, 5.41) is 37.7. The summed E-state index contributed by atoms with van der Waals surface area (Å²) in [7, 11) is 2.16. The van der Waals surface area contributed by atoms with Gasteiger partial charge in [-0.1, -0.05) is 6.07 Å². The van der Waals surface area contributed by atoms with E-state index in [0.717, 1.165) is 43.1 Å². The van der Waals surface area contributed by atoms with Gasteiger partial charge in [-0.2, -0.15) is 5.10 Å². The smallest absolute Gasteiger partial charge is 0.301 e. The average Bonchev–Trinajstić information content (AvgIpc) is 3.17. The maximum absolute atomic E-state index is 11.5. The fourth-order valence-electron chi connectivity index (χ4n) is 6.66. The second kappa shape index (κ2) is 7.13. The van der Waals surface area contributed by atoms with Crippen LogP contribution in [0.1, 0.15) is 30.4 Å². The third-order valence-corrected chi connectivity index (χ3v) is 8.11. The summed E-state index contributed by atoms with van der Waals surface area (Å²) in [5.74, 6) is 1.02. The van der Waals surface area contributed by atoms with Gasteiger partial charge in [0.2, 0.25) is 0 Å². The number of nitro benzene ring substituents is 2. The SMILES string of the molecule is CN1CC[C@]23c4c5ccc(O)c4O[C@H]2C(=NNc2ccc([N+](=O)[O-])cc2[N+](=O)[O-])CC[C@H]3[C@H]1C5. The highest BCUT2D eigenvalue weighted by Crippen LogP contribution is 2.63. The van der Waals surface area contributed by atoms with Crippen LogP contribution in [-0.4, -0.2) is 51.3 Å². The monoisotopic (exact) mass is 465 g/mol. The van der Waals surface area contributed by atoms with Crippen molar-refractivity contribution >= 4 is 22.8 Å². The number of anilines is 1. The number of aromatic hydroxyl groups is 1. The van der Waals surface area contributed by atoms with E-state index in [0.29, 0.717) is 24.1 Å². The largest absolute Gasteiger partial charge is 0.504 e. The minimum atomic E-state index is -0.670. The fraction of sp³-hybridized carbons (Fsp3) is 0.435. The zero-order valence-electron chi connectivity index (χ0n) is 18.4. The molecule has 2 bridgehead atoms. The lowest BCUT2D eigenvalue weighted by Crippen LogP contribution is -2.65. The molecular formula is C23H23N5O6. The van der Waals surface area contributed by atoms with Crippen LogP contribution in [0.25, 0.3) is 0 Å². The predicted octanol–water partition coefficient (Wildman–Crippen LogP) is 3.35. The Hall–Kier alpha value is -3.73. The lowest BCUT2D eigenvalue weighted by molar-refractivity contribution is -0.393. The number of rotatable bonds is 4. The van der Waals surface area contributed by atoms with Gasteiger partial charge < -0.3 is 14.7 Å². The van der Waals surface area contributed by atoms with E-state index in [9.17, 15) is 25.3 Å². The van der Waals surface area contributed by atoms with Crippen molar-refractivity contribution in [3.63, 3.8) is 0 Å². The zero-order valence-corrected chi connectivity index (χ0v) is 18.4. The molecule has 2 N–H and O–H groups in total. The van der Waals surface area contributed by atoms with Crippen LogP contribution < -0.4 is 10.2 Å². The van der Waals surface area contributed by atoms with E-state index in [2.05, 4.69) is 22.5 Å². The maximum atomic E-state index is 11.5. The molecule has 2 heterocycles. The molecule has 4 aliphatic rings. The first-order valence-electron chi connectivity index (χ1n) is 11.3. The molecule has 34 heavy (non-hydrogen) atoms. The molecule has 11 nitrogen and oxygen atoms in total. The maximum Gasteiger partial charge on any atom is 0.301 e. The highest BCUT2D eigenvalue weighted by Gasteiger charge is 2.64. The quantitative estimate of drug-likeness (QED) is 0.517. The molecule has 6 rings (SSSR count). The van der Waals surface area contributed by atoms with Gasteiger partial charge in [0.25, 0.3) is 5.69 Å². The molecule has 0 radical (unpaired) electrons. The van der Waals surface area contributed by atoms with E-state index in [1.807, 2.05) is 6.07 Å². The first-order chi connectivity index (χ1) is 16.3. The average molecular weight is 465 g/mol. The van der Waals surface area contributed by atoms with Gasteiger partial charge in [0.05, 0.1) is 21.6 Å². The first-order valence-corrected chi connectivity index (χ1v) is 11.3. The number of phenols is 1. The summed E-state index contributed by atoms with van der Waals surface area (Å²) < 4.78 is 6.41. The van der Waals surface area contributed by atoms with Crippen LogP contribution in [0, 0.1) is 26.1 Å². The number of hydrogen-bond acceptors (Lipinski definition) is 9. The molecule has 2 aliphatic heterocycles. The van der Waals surface area contributed by atoms with Crippen LogP contribution >= 0.6 is 0 Å². The molecule has 1 spiro atoms. The van der Waals surface area contributed by atoms with Crippen molar-refractivity contribution < 1.29 is 19.7 Å². The Kier molecular flexibility index (Phi) is 4.37. The Morgan fingerprint density at radius 1 is 1.24 bits per heavy atom. The van der Waals surface area contributed by atoms with Crippen LogP contribution in [0.3, 0.4) is 0 Å². The van der Waals surface area contributed by atoms with Crippen molar-refractivity contribution in [1.29, 1.82) is 0 Å². The minimum absolute atomic E-state index is 0.0756. The second-order valence-electron chi connectivity index (χ2n) is 9.56. The number of nitro groups is 2. The summed E-state index contributed by atoms with van der Waals surface area (Å²) >= 11 is 0. The number of piperidine rings is 1. The summed E-state index contributed by atoms with van der Waals surface area (Å²) in [6.07, 6.45) is 2.96.